The van der Waals surface area contributed by atoms with Crippen molar-refractivity contribution in [3.05, 3.63) is 30.4 Å². The summed E-state index contributed by atoms with van der Waals surface area (Å²) < 4.78 is 0. The van der Waals surface area contributed by atoms with Gasteiger partial charge in [0.05, 0.1) is 0 Å². The van der Waals surface area contributed by atoms with Gasteiger partial charge in [-0.2, -0.15) is 0 Å². The fourth-order valence-corrected chi connectivity index (χ4v) is 0.923. The molecule has 1 rings (SSSR count). The monoisotopic (exact) mass is 177 g/mol. The summed E-state index contributed by atoms with van der Waals surface area (Å²) in [5.41, 5.74) is 1.05. The van der Waals surface area contributed by atoms with Crippen LogP contribution in [-0.4, -0.2) is 23.1 Å². The molecule has 13 heavy (non-hydrogen) atoms. The number of hydrogen-bond acceptors (Lipinski definition) is 3. The summed E-state index contributed by atoms with van der Waals surface area (Å²) in [6.07, 6.45) is 10.3. The molecule has 1 aromatic rings. The highest BCUT2D eigenvalue weighted by atomic mass is 14.8. The largest absolute Gasteiger partial charge is 0.317 e. The lowest BCUT2D eigenvalue weighted by atomic mass is 10.2. The zero-order chi connectivity index (χ0) is 9.52. The molecule has 1 heterocycles. The number of nitrogens with one attached hydrogen (secondary N) is 1. The fraction of sp³-hybridized carbons (Fsp3) is 0.400. The Morgan fingerprint density at radius 1 is 1.46 bits per heavy atom. The Morgan fingerprint density at radius 3 is 2.77 bits per heavy atom. The molecule has 0 aliphatic carbocycles. The summed E-state index contributed by atoms with van der Waals surface area (Å²) >= 11 is 0. The molecule has 3 heteroatoms. The second-order valence-electron chi connectivity index (χ2n) is 3.00. The van der Waals surface area contributed by atoms with E-state index in [4.69, 9.17) is 0 Å². The van der Waals surface area contributed by atoms with Crippen molar-refractivity contribution in [3.8, 4) is 0 Å². The van der Waals surface area contributed by atoms with E-state index in [0.717, 1.165) is 12.0 Å². The van der Waals surface area contributed by atoms with E-state index in [1.165, 1.54) is 6.33 Å². The molecule has 0 bridgehead atoms. The minimum atomic E-state index is 0.515. The average Bonchev–Trinajstić information content (AvgIpc) is 2.19. The van der Waals surface area contributed by atoms with Crippen LogP contribution in [0.3, 0.4) is 0 Å². The highest BCUT2D eigenvalue weighted by molar-refractivity contribution is 5.45. The number of nitrogens with zero attached hydrogens (tertiary/aromatic N) is 2. The molecule has 0 spiro atoms. The van der Waals surface area contributed by atoms with Gasteiger partial charge >= 0.3 is 0 Å². The van der Waals surface area contributed by atoms with E-state index in [9.17, 15) is 0 Å². The zero-order valence-corrected chi connectivity index (χ0v) is 8.07. The van der Waals surface area contributed by atoms with Gasteiger partial charge in [0.25, 0.3) is 0 Å². The summed E-state index contributed by atoms with van der Waals surface area (Å²) in [6.45, 7) is 2.14. The van der Waals surface area contributed by atoms with E-state index in [-0.39, 0.29) is 0 Å². The summed E-state index contributed by atoms with van der Waals surface area (Å²) in [6, 6.07) is 0.515. The van der Waals surface area contributed by atoms with Crippen molar-refractivity contribution in [2.24, 2.45) is 0 Å². The molecular weight excluding hydrogens is 162 g/mol. The number of aromatic nitrogens is 2. The van der Waals surface area contributed by atoms with Crippen LogP contribution < -0.4 is 5.32 Å². The van der Waals surface area contributed by atoms with Gasteiger partial charge in [-0.3, -0.25) is 0 Å². The third-order valence-electron chi connectivity index (χ3n) is 1.87. The Morgan fingerprint density at radius 2 is 2.15 bits per heavy atom. The lowest BCUT2D eigenvalue weighted by Crippen LogP contribution is -2.19. The Bertz CT molecular complexity index is 256. The molecule has 0 aliphatic heterocycles. The molecule has 0 amide bonds. The Kier molecular flexibility index (Phi) is 4.12. The van der Waals surface area contributed by atoms with E-state index >= 15 is 0 Å². The van der Waals surface area contributed by atoms with Crippen LogP contribution in [0, 0.1) is 0 Å². The molecule has 0 saturated heterocycles. The smallest absolute Gasteiger partial charge is 0.115 e. The van der Waals surface area contributed by atoms with Crippen LogP contribution in [-0.2, 0) is 0 Å². The molecule has 1 N–H and O–H groups in total. The first-order valence-electron chi connectivity index (χ1n) is 4.41. The van der Waals surface area contributed by atoms with Crippen molar-refractivity contribution in [2.45, 2.75) is 19.4 Å². The van der Waals surface area contributed by atoms with Gasteiger partial charge in [-0.1, -0.05) is 12.2 Å². The van der Waals surface area contributed by atoms with Crippen LogP contribution in [0.2, 0.25) is 0 Å². The summed E-state index contributed by atoms with van der Waals surface area (Å²) in [5.74, 6) is 0. The van der Waals surface area contributed by atoms with E-state index < -0.39 is 0 Å². The quantitative estimate of drug-likeness (QED) is 0.757. The second-order valence-corrected chi connectivity index (χ2v) is 3.00. The van der Waals surface area contributed by atoms with Crippen molar-refractivity contribution >= 4 is 6.08 Å². The van der Waals surface area contributed by atoms with E-state index in [1.807, 2.05) is 13.1 Å². The van der Waals surface area contributed by atoms with Crippen molar-refractivity contribution in [1.29, 1.82) is 0 Å². The van der Waals surface area contributed by atoms with E-state index in [0.29, 0.717) is 6.04 Å². The van der Waals surface area contributed by atoms with Gasteiger partial charge in [0.15, 0.2) is 0 Å². The molecule has 0 fully saturated rings. The molecule has 0 aromatic carbocycles. The van der Waals surface area contributed by atoms with Crippen molar-refractivity contribution < 1.29 is 0 Å². The molecule has 1 atom stereocenters. The van der Waals surface area contributed by atoms with Crippen molar-refractivity contribution in [2.75, 3.05) is 7.05 Å². The Labute approximate surface area is 78.9 Å². The number of rotatable bonds is 4. The third kappa shape index (κ3) is 3.80. The van der Waals surface area contributed by atoms with Crippen LogP contribution in [0.15, 0.2) is 24.8 Å². The van der Waals surface area contributed by atoms with Gasteiger partial charge in [0.2, 0.25) is 0 Å². The van der Waals surface area contributed by atoms with E-state index in [2.05, 4.69) is 28.3 Å². The van der Waals surface area contributed by atoms with Crippen molar-refractivity contribution in [1.82, 2.24) is 15.3 Å². The highest BCUT2D eigenvalue weighted by Crippen LogP contribution is 1.99. The summed E-state index contributed by atoms with van der Waals surface area (Å²) in [4.78, 5) is 7.85. The lowest BCUT2D eigenvalue weighted by molar-refractivity contribution is 0.621. The molecule has 0 aliphatic rings. The lowest BCUT2D eigenvalue weighted by Gasteiger charge is -2.04. The molecule has 1 unspecified atom stereocenters. The minimum absolute atomic E-state index is 0.515. The zero-order valence-electron chi connectivity index (χ0n) is 8.07. The minimum Gasteiger partial charge on any atom is -0.317 e. The summed E-state index contributed by atoms with van der Waals surface area (Å²) in [7, 11) is 1.96. The number of hydrogen-bond donors (Lipinski definition) is 1. The first-order valence-corrected chi connectivity index (χ1v) is 4.41. The maximum absolute atomic E-state index is 3.92. The highest BCUT2D eigenvalue weighted by Gasteiger charge is 1.92. The van der Waals surface area contributed by atoms with Crippen LogP contribution in [0.5, 0.6) is 0 Å². The maximum Gasteiger partial charge on any atom is 0.115 e. The second kappa shape index (κ2) is 5.43. The van der Waals surface area contributed by atoms with Gasteiger partial charge in [0.1, 0.15) is 6.33 Å². The first kappa shape index (κ1) is 9.86. The van der Waals surface area contributed by atoms with Gasteiger partial charge < -0.3 is 5.32 Å². The predicted molar refractivity (Wildman–Crippen MR) is 54.2 cm³/mol. The van der Waals surface area contributed by atoms with Crippen LogP contribution in [0.1, 0.15) is 18.9 Å². The van der Waals surface area contributed by atoms with Gasteiger partial charge in [0, 0.05) is 24.0 Å². The van der Waals surface area contributed by atoms with Crippen LogP contribution >= 0.6 is 0 Å². The fourth-order valence-electron chi connectivity index (χ4n) is 0.923. The van der Waals surface area contributed by atoms with Gasteiger partial charge in [-0.25, -0.2) is 9.97 Å². The Balaban J connectivity index is 2.41. The molecule has 70 valence electrons. The molecule has 3 nitrogen and oxygen atoms in total. The van der Waals surface area contributed by atoms with Crippen LogP contribution in [0.4, 0.5) is 0 Å². The normalized spacial score (nSPS) is 13.4. The van der Waals surface area contributed by atoms with Gasteiger partial charge in [-0.15, -0.1) is 0 Å². The molecule has 0 saturated carbocycles. The first-order chi connectivity index (χ1) is 6.33. The van der Waals surface area contributed by atoms with E-state index in [1.54, 1.807) is 12.4 Å². The Hall–Kier alpha value is -1.22. The van der Waals surface area contributed by atoms with Crippen LogP contribution in [0.25, 0.3) is 6.08 Å². The van der Waals surface area contributed by atoms with Gasteiger partial charge in [-0.05, 0) is 20.4 Å². The summed E-state index contributed by atoms with van der Waals surface area (Å²) in [5, 5.41) is 3.17. The third-order valence-corrected chi connectivity index (χ3v) is 1.87. The molecular formula is C10H15N3. The SMILES string of the molecule is CNC(C)CC=Cc1cncnc1. The topological polar surface area (TPSA) is 37.8 Å². The molecule has 0 radical (unpaired) electrons. The average molecular weight is 177 g/mol. The standard InChI is InChI=1S/C10H15N3/c1-9(11-2)4-3-5-10-6-12-8-13-7-10/h3,5-9,11H,4H2,1-2H3. The maximum atomic E-state index is 3.92. The van der Waals surface area contributed by atoms with Crippen molar-refractivity contribution in [3.63, 3.8) is 0 Å². The molecule has 1 aromatic heterocycles. The predicted octanol–water partition coefficient (Wildman–Crippen LogP) is 1.49.